The SMILES string of the molecule is Cc1ccc(S(=O)(=O)Nc2ccc(F)cc2C#Cc2ccc(Cl)cc2)cc1. The van der Waals surface area contributed by atoms with E-state index in [0.29, 0.717) is 10.6 Å². The Bertz CT molecular complexity index is 1130. The van der Waals surface area contributed by atoms with Crippen LogP contribution in [0.15, 0.2) is 71.6 Å². The molecule has 0 atom stereocenters. The van der Waals surface area contributed by atoms with Gasteiger partial charge in [-0.3, -0.25) is 4.72 Å². The second-order valence-electron chi connectivity index (χ2n) is 5.87. The minimum Gasteiger partial charge on any atom is -0.278 e. The molecule has 0 aliphatic heterocycles. The van der Waals surface area contributed by atoms with Crippen molar-refractivity contribution in [1.29, 1.82) is 0 Å². The largest absolute Gasteiger partial charge is 0.278 e. The monoisotopic (exact) mass is 399 g/mol. The summed E-state index contributed by atoms with van der Waals surface area (Å²) in [6, 6.07) is 17.0. The summed E-state index contributed by atoms with van der Waals surface area (Å²) in [6.45, 7) is 1.87. The zero-order valence-electron chi connectivity index (χ0n) is 14.3. The van der Waals surface area contributed by atoms with Gasteiger partial charge >= 0.3 is 0 Å². The average molecular weight is 400 g/mol. The van der Waals surface area contributed by atoms with Crippen LogP contribution in [-0.4, -0.2) is 8.42 Å². The smallest absolute Gasteiger partial charge is 0.261 e. The van der Waals surface area contributed by atoms with Crippen LogP contribution in [0.25, 0.3) is 0 Å². The minimum atomic E-state index is -3.81. The molecule has 0 heterocycles. The van der Waals surface area contributed by atoms with Crippen molar-refractivity contribution in [2.24, 2.45) is 0 Å². The van der Waals surface area contributed by atoms with Crippen molar-refractivity contribution in [2.45, 2.75) is 11.8 Å². The van der Waals surface area contributed by atoms with E-state index in [4.69, 9.17) is 11.6 Å². The zero-order chi connectivity index (χ0) is 19.4. The highest BCUT2D eigenvalue weighted by molar-refractivity contribution is 7.92. The Morgan fingerprint density at radius 3 is 2.26 bits per heavy atom. The van der Waals surface area contributed by atoms with Crippen LogP contribution in [0.3, 0.4) is 0 Å². The fourth-order valence-corrected chi connectivity index (χ4v) is 3.51. The van der Waals surface area contributed by atoms with Crippen LogP contribution < -0.4 is 4.72 Å². The highest BCUT2D eigenvalue weighted by Gasteiger charge is 2.15. The average Bonchev–Trinajstić information content (AvgIpc) is 2.63. The molecule has 6 heteroatoms. The third kappa shape index (κ3) is 4.88. The van der Waals surface area contributed by atoms with Crippen LogP contribution in [0.1, 0.15) is 16.7 Å². The standard InChI is InChI=1S/C21H15ClFNO2S/c1-15-2-11-20(12-3-15)27(25,26)24-21-13-10-19(23)14-17(21)7-4-16-5-8-18(22)9-6-16/h2-3,5-6,8-14,24H,1H3. The number of anilines is 1. The van der Waals surface area contributed by atoms with Crippen LogP contribution in [0.5, 0.6) is 0 Å². The number of sulfonamides is 1. The van der Waals surface area contributed by atoms with Gasteiger partial charge in [-0.15, -0.1) is 0 Å². The molecule has 0 radical (unpaired) electrons. The molecule has 0 aliphatic carbocycles. The summed E-state index contributed by atoms with van der Waals surface area (Å²) >= 11 is 5.84. The van der Waals surface area contributed by atoms with Crippen LogP contribution in [0.4, 0.5) is 10.1 Å². The summed E-state index contributed by atoms with van der Waals surface area (Å²) in [4.78, 5) is 0.119. The Hall–Kier alpha value is -2.81. The molecule has 3 aromatic carbocycles. The third-order valence-electron chi connectivity index (χ3n) is 3.74. The van der Waals surface area contributed by atoms with Gasteiger partial charge in [0.2, 0.25) is 0 Å². The maximum absolute atomic E-state index is 13.7. The molecule has 136 valence electrons. The predicted molar refractivity (Wildman–Crippen MR) is 106 cm³/mol. The fourth-order valence-electron chi connectivity index (χ4n) is 2.30. The topological polar surface area (TPSA) is 46.2 Å². The van der Waals surface area contributed by atoms with Crippen molar-refractivity contribution in [3.05, 3.63) is 94.3 Å². The zero-order valence-corrected chi connectivity index (χ0v) is 15.9. The van der Waals surface area contributed by atoms with E-state index in [1.54, 1.807) is 36.4 Å². The first-order valence-corrected chi connectivity index (χ1v) is 9.86. The molecule has 0 aromatic heterocycles. The Labute approximate surface area is 162 Å². The molecule has 0 saturated carbocycles. The lowest BCUT2D eigenvalue weighted by atomic mass is 10.1. The van der Waals surface area contributed by atoms with Gasteiger partial charge in [0.05, 0.1) is 16.1 Å². The Balaban J connectivity index is 1.95. The molecule has 0 amide bonds. The third-order valence-corrected chi connectivity index (χ3v) is 5.38. The normalized spacial score (nSPS) is 10.8. The number of hydrogen-bond acceptors (Lipinski definition) is 2. The number of aryl methyl sites for hydroxylation is 1. The van der Waals surface area contributed by atoms with Gasteiger partial charge in [0.1, 0.15) is 5.82 Å². The maximum atomic E-state index is 13.7. The molecule has 0 saturated heterocycles. The Morgan fingerprint density at radius 1 is 0.926 bits per heavy atom. The summed E-state index contributed by atoms with van der Waals surface area (Å²) in [5, 5.41) is 0.581. The molecule has 3 aromatic rings. The van der Waals surface area contributed by atoms with Gasteiger partial charge in [0.25, 0.3) is 10.0 Å². The predicted octanol–water partition coefficient (Wildman–Crippen LogP) is 4.99. The van der Waals surface area contributed by atoms with E-state index in [1.807, 2.05) is 6.92 Å². The van der Waals surface area contributed by atoms with E-state index in [1.165, 1.54) is 30.3 Å². The van der Waals surface area contributed by atoms with Crippen molar-refractivity contribution in [1.82, 2.24) is 0 Å². The van der Waals surface area contributed by atoms with Gasteiger partial charge in [-0.2, -0.15) is 0 Å². The number of rotatable bonds is 3. The molecule has 0 unspecified atom stereocenters. The van der Waals surface area contributed by atoms with Gasteiger partial charge in [-0.25, -0.2) is 12.8 Å². The summed E-state index contributed by atoms with van der Waals surface area (Å²) in [7, 11) is -3.81. The van der Waals surface area contributed by atoms with Crippen LogP contribution in [-0.2, 0) is 10.0 Å². The molecule has 0 spiro atoms. The van der Waals surface area contributed by atoms with Crippen molar-refractivity contribution >= 4 is 27.3 Å². The second-order valence-corrected chi connectivity index (χ2v) is 7.98. The van der Waals surface area contributed by atoms with Crippen molar-refractivity contribution in [2.75, 3.05) is 4.72 Å². The molecule has 1 N–H and O–H groups in total. The van der Waals surface area contributed by atoms with E-state index in [0.717, 1.165) is 5.56 Å². The number of benzene rings is 3. The molecule has 0 aliphatic rings. The number of hydrogen-bond donors (Lipinski definition) is 1. The molecular weight excluding hydrogens is 385 g/mol. The molecule has 27 heavy (non-hydrogen) atoms. The second kappa shape index (κ2) is 7.83. The number of nitrogens with one attached hydrogen (secondary N) is 1. The molecule has 0 fully saturated rings. The maximum Gasteiger partial charge on any atom is 0.261 e. The van der Waals surface area contributed by atoms with E-state index in [9.17, 15) is 12.8 Å². The highest BCUT2D eigenvalue weighted by Crippen LogP contribution is 2.21. The molecular formula is C21H15ClFNO2S. The molecule has 3 nitrogen and oxygen atoms in total. The van der Waals surface area contributed by atoms with E-state index < -0.39 is 15.8 Å². The molecule has 0 bridgehead atoms. The lowest BCUT2D eigenvalue weighted by Gasteiger charge is -2.10. The van der Waals surface area contributed by atoms with Crippen molar-refractivity contribution < 1.29 is 12.8 Å². The first-order valence-electron chi connectivity index (χ1n) is 8.00. The Kier molecular flexibility index (Phi) is 5.50. The van der Waals surface area contributed by atoms with Gasteiger partial charge in [-0.1, -0.05) is 41.1 Å². The summed E-state index contributed by atoms with van der Waals surface area (Å²) in [6.07, 6.45) is 0. The summed E-state index contributed by atoms with van der Waals surface area (Å²) in [5.74, 6) is 5.19. The van der Waals surface area contributed by atoms with Crippen molar-refractivity contribution in [3.63, 3.8) is 0 Å². The van der Waals surface area contributed by atoms with E-state index >= 15 is 0 Å². The van der Waals surface area contributed by atoms with Gasteiger partial charge in [-0.05, 0) is 61.5 Å². The first-order chi connectivity index (χ1) is 12.8. The molecule has 3 rings (SSSR count). The fraction of sp³-hybridized carbons (Fsp3) is 0.0476. The van der Waals surface area contributed by atoms with Crippen LogP contribution in [0.2, 0.25) is 5.02 Å². The van der Waals surface area contributed by atoms with Crippen LogP contribution >= 0.6 is 11.6 Å². The van der Waals surface area contributed by atoms with E-state index in [-0.39, 0.29) is 16.1 Å². The van der Waals surface area contributed by atoms with Crippen molar-refractivity contribution in [3.8, 4) is 11.8 Å². The quantitative estimate of drug-likeness (QED) is 0.631. The van der Waals surface area contributed by atoms with E-state index in [2.05, 4.69) is 16.6 Å². The highest BCUT2D eigenvalue weighted by atomic mass is 35.5. The van der Waals surface area contributed by atoms with Crippen LogP contribution in [0, 0.1) is 24.6 Å². The summed E-state index contributed by atoms with van der Waals surface area (Å²) in [5.41, 5.74) is 2.07. The lowest BCUT2D eigenvalue weighted by molar-refractivity contribution is 0.601. The van der Waals surface area contributed by atoms with Gasteiger partial charge < -0.3 is 0 Å². The minimum absolute atomic E-state index is 0.119. The lowest BCUT2D eigenvalue weighted by Crippen LogP contribution is -2.14. The number of halogens is 2. The van der Waals surface area contributed by atoms with Gasteiger partial charge in [0, 0.05) is 10.6 Å². The van der Waals surface area contributed by atoms with Gasteiger partial charge in [0.15, 0.2) is 0 Å². The first kappa shape index (κ1) is 19.0. The Morgan fingerprint density at radius 2 is 1.59 bits per heavy atom. The summed E-state index contributed by atoms with van der Waals surface area (Å²) < 4.78 is 41.3.